The maximum absolute atomic E-state index is 10.6. The third-order valence-electron chi connectivity index (χ3n) is 1.47. The van der Waals surface area contributed by atoms with Gasteiger partial charge >= 0.3 is 5.97 Å². The second-order valence-corrected chi connectivity index (χ2v) is 5.67. The standard InChI is InChI=1S/C8H18NO4P.2CH4/c1-6(2)12-14(5,9-4)13-7(3)8(10)11;;/h6-7H,1-5H3,(H,10,11);2*1H4. The van der Waals surface area contributed by atoms with Crippen molar-refractivity contribution in [3.8, 4) is 0 Å². The first kappa shape index (κ1) is 21.0. The molecule has 0 saturated carbocycles. The lowest BCUT2D eigenvalue weighted by molar-refractivity contribution is -0.144. The second kappa shape index (κ2) is 8.74. The Morgan fingerprint density at radius 1 is 1.25 bits per heavy atom. The number of hydrogen-bond donors (Lipinski definition) is 1. The summed E-state index contributed by atoms with van der Waals surface area (Å²) in [5.41, 5.74) is 0. The molecule has 0 aliphatic carbocycles. The molecule has 100 valence electrons. The maximum Gasteiger partial charge on any atom is 0.333 e. The molecular weight excluding hydrogens is 229 g/mol. The third-order valence-corrected chi connectivity index (χ3v) is 3.72. The molecule has 0 aliphatic rings. The van der Waals surface area contributed by atoms with E-state index in [0.717, 1.165) is 0 Å². The first-order valence-electron chi connectivity index (χ1n) is 4.38. The minimum Gasteiger partial charge on any atom is -0.479 e. The third kappa shape index (κ3) is 7.85. The fourth-order valence-electron chi connectivity index (χ4n) is 0.849. The van der Waals surface area contributed by atoms with Crippen LogP contribution in [0.25, 0.3) is 0 Å². The van der Waals surface area contributed by atoms with Crippen LogP contribution in [0.5, 0.6) is 0 Å². The highest BCUT2D eigenvalue weighted by atomic mass is 31.2. The van der Waals surface area contributed by atoms with Gasteiger partial charge in [-0.1, -0.05) is 14.9 Å². The lowest BCUT2D eigenvalue weighted by atomic mass is 10.4. The van der Waals surface area contributed by atoms with Gasteiger partial charge in [-0.3, -0.25) is 4.74 Å². The van der Waals surface area contributed by atoms with E-state index >= 15 is 0 Å². The molecule has 0 radical (unpaired) electrons. The molecule has 0 amide bonds. The monoisotopic (exact) mass is 255 g/mol. The quantitative estimate of drug-likeness (QED) is 0.764. The Balaban J connectivity index is -0.000000845. The molecule has 1 N–H and O–H groups in total. The fourth-order valence-corrected chi connectivity index (χ4v) is 2.55. The van der Waals surface area contributed by atoms with E-state index in [2.05, 4.69) is 4.74 Å². The summed E-state index contributed by atoms with van der Waals surface area (Å²) in [7, 11) is -0.798. The normalized spacial score (nSPS) is 15.4. The van der Waals surface area contributed by atoms with Gasteiger partial charge in [-0.15, -0.1) is 0 Å². The molecule has 16 heavy (non-hydrogen) atoms. The number of hydrogen-bond acceptors (Lipinski definition) is 4. The maximum atomic E-state index is 10.6. The Hall–Kier alpha value is -0.380. The van der Waals surface area contributed by atoms with Gasteiger partial charge in [0.05, 0.1) is 6.10 Å². The zero-order chi connectivity index (χ0) is 11.4. The van der Waals surface area contributed by atoms with Crippen molar-refractivity contribution < 1.29 is 18.9 Å². The number of carboxylic acid groups (broad SMARTS) is 1. The van der Waals surface area contributed by atoms with E-state index in [-0.39, 0.29) is 21.0 Å². The smallest absolute Gasteiger partial charge is 0.333 e. The zero-order valence-corrected chi connectivity index (χ0v) is 10.1. The predicted octanol–water partition coefficient (Wildman–Crippen LogP) is 3.46. The second-order valence-electron chi connectivity index (χ2n) is 3.24. The van der Waals surface area contributed by atoms with Gasteiger partial charge in [-0.2, -0.15) is 0 Å². The molecule has 2 atom stereocenters. The molecule has 2 unspecified atom stereocenters. The summed E-state index contributed by atoms with van der Waals surface area (Å²) >= 11 is 0. The van der Waals surface area contributed by atoms with E-state index in [1.165, 1.54) is 6.92 Å². The van der Waals surface area contributed by atoms with Crippen LogP contribution in [0.2, 0.25) is 0 Å². The van der Waals surface area contributed by atoms with Crippen LogP contribution < -0.4 is 0 Å². The van der Waals surface area contributed by atoms with Crippen molar-refractivity contribution in [3.05, 3.63) is 0 Å². The topological polar surface area (TPSA) is 68.1 Å². The summed E-state index contributed by atoms with van der Waals surface area (Å²) in [5, 5.41) is 8.67. The molecule has 0 saturated heterocycles. The molecule has 0 spiro atoms. The molecular formula is C10H26NO4P. The van der Waals surface area contributed by atoms with Crippen LogP contribution in [0.1, 0.15) is 35.6 Å². The van der Waals surface area contributed by atoms with Crippen molar-refractivity contribution in [3.63, 3.8) is 0 Å². The van der Waals surface area contributed by atoms with E-state index in [1.807, 2.05) is 13.8 Å². The molecule has 0 aromatic carbocycles. The Morgan fingerprint density at radius 2 is 1.69 bits per heavy atom. The van der Waals surface area contributed by atoms with Crippen LogP contribution in [-0.2, 0) is 13.8 Å². The Bertz CT molecular complexity index is 253. The van der Waals surface area contributed by atoms with Gasteiger partial charge in [0.1, 0.15) is 0 Å². The van der Waals surface area contributed by atoms with Crippen LogP contribution in [-0.4, -0.2) is 37.0 Å². The number of rotatable bonds is 5. The van der Waals surface area contributed by atoms with Gasteiger partial charge in [0.2, 0.25) is 7.51 Å². The molecule has 0 aromatic heterocycles. The van der Waals surface area contributed by atoms with Gasteiger partial charge in [-0.05, 0) is 20.8 Å². The van der Waals surface area contributed by atoms with Crippen LogP contribution in [0.3, 0.4) is 0 Å². The molecule has 6 heteroatoms. The summed E-state index contributed by atoms with van der Waals surface area (Å²) in [6.07, 6.45) is -0.922. The van der Waals surface area contributed by atoms with Gasteiger partial charge in [0.15, 0.2) is 6.10 Å². The molecule has 5 nitrogen and oxygen atoms in total. The summed E-state index contributed by atoms with van der Waals surface area (Å²) in [6.45, 7) is 6.89. The lowest BCUT2D eigenvalue weighted by Gasteiger charge is -2.23. The largest absolute Gasteiger partial charge is 0.479 e. The molecule has 0 bridgehead atoms. The van der Waals surface area contributed by atoms with Crippen LogP contribution >= 0.6 is 7.51 Å². The van der Waals surface area contributed by atoms with Crippen molar-refractivity contribution in [2.24, 2.45) is 4.74 Å². The highest BCUT2D eigenvalue weighted by molar-refractivity contribution is 7.55. The van der Waals surface area contributed by atoms with Gasteiger partial charge in [0.25, 0.3) is 0 Å². The predicted molar refractivity (Wildman–Crippen MR) is 69.1 cm³/mol. The highest BCUT2D eigenvalue weighted by Crippen LogP contribution is 2.49. The fraction of sp³-hybridized carbons (Fsp3) is 0.900. The van der Waals surface area contributed by atoms with Crippen molar-refractivity contribution in [1.82, 2.24) is 0 Å². The van der Waals surface area contributed by atoms with Crippen molar-refractivity contribution in [2.45, 2.75) is 47.8 Å². The number of carboxylic acids is 1. The number of aliphatic carboxylic acids is 1. The Kier molecular flexibility index (Phi) is 11.4. The minimum absolute atomic E-state index is 0. The summed E-state index contributed by atoms with van der Waals surface area (Å²) in [6, 6.07) is 0. The van der Waals surface area contributed by atoms with Crippen molar-refractivity contribution in [2.75, 3.05) is 13.7 Å². The van der Waals surface area contributed by atoms with E-state index in [1.54, 1.807) is 13.7 Å². The minimum atomic E-state index is -2.37. The summed E-state index contributed by atoms with van der Waals surface area (Å²) < 4.78 is 14.7. The van der Waals surface area contributed by atoms with E-state index in [0.29, 0.717) is 0 Å². The van der Waals surface area contributed by atoms with Gasteiger partial charge in [-0.25, -0.2) is 4.79 Å². The SMILES string of the molecule is C.C.CN=P(C)(OC(C)C)OC(C)C(=O)O. The van der Waals surface area contributed by atoms with Crippen molar-refractivity contribution in [1.29, 1.82) is 0 Å². The Morgan fingerprint density at radius 3 is 1.94 bits per heavy atom. The number of carbonyl (C=O) groups is 1. The molecule has 0 rings (SSSR count). The first-order chi connectivity index (χ1) is 6.30. The Labute approximate surface area is 99.4 Å². The van der Waals surface area contributed by atoms with Crippen LogP contribution in [0, 0.1) is 0 Å². The van der Waals surface area contributed by atoms with E-state index < -0.39 is 19.6 Å². The average Bonchev–Trinajstić information content (AvgIpc) is 2.02. The van der Waals surface area contributed by atoms with E-state index in [9.17, 15) is 4.79 Å². The van der Waals surface area contributed by atoms with Gasteiger partial charge < -0.3 is 14.2 Å². The van der Waals surface area contributed by atoms with Crippen molar-refractivity contribution >= 4 is 13.5 Å². The van der Waals surface area contributed by atoms with E-state index in [4.69, 9.17) is 14.2 Å². The molecule has 0 aliphatic heterocycles. The molecule has 0 fully saturated rings. The lowest BCUT2D eigenvalue weighted by Crippen LogP contribution is -2.19. The highest BCUT2D eigenvalue weighted by Gasteiger charge is 2.23. The van der Waals surface area contributed by atoms with Crippen LogP contribution in [0.4, 0.5) is 0 Å². The van der Waals surface area contributed by atoms with Gasteiger partial charge in [0, 0.05) is 13.7 Å². The number of nitrogens with zero attached hydrogens (tertiary/aromatic N) is 1. The zero-order valence-electron chi connectivity index (χ0n) is 9.22. The first-order valence-corrected chi connectivity index (χ1v) is 6.40. The van der Waals surface area contributed by atoms with Crippen LogP contribution in [0.15, 0.2) is 4.74 Å². The summed E-state index contributed by atoms with van der Waals surface area (Å²) in [4.78, 5) is 10.6. The summed E-state index contributed by atoms with van der Waals surface area (Å²) in [5.74, 6) is -1.01. The average molecular weight is 255 g/mol. The molecule has 0 aromatic rings. The molecule has 0 heterocycles.